The summed E-state index contributed by atoms with van der Waals surface area (Å²) < 4.78 is 1.80. The summed E-state index contributed by atoms with van der Waals surface area (Å²) in [5.74, 6) is 0.564. The van der Waals surface area contributed by atoms with Gasteiger partial charge in [-0.25, -0.2) is 9.50 Å². The number of tetrazole rings is 1. The molecule has 0 unspecified atom stereocenters. The van der Waals surface area contributed by atoms with Gasteiger partial charge in [0.25, 0.3) is 0 Å². The number of H-pyrrole nitrogens is 1. The Morgan fingerprint density at radius 1 is 1.05 bits per heavy atom. The van der Waals surface area contributed by atoms with Crippen LogP contribution >= 0.6 is 0 Å². The van der Waals surface area contributed by atoms with Crippen LogP contribution in [-0.2, 0) is 0 Å². The molecular formula is C13H9N7. The predicted molar refractivity (Wildman–Crippen MR) is 71.6 cm³/mol. The fraction of sp³-hybridized carbons (Fsp3) is 0. The highest BCUT2D eigenvalue weighted by Crippen LogP contribution is 2.24. The summed E-state index contributed by atoms with van der Waals surface area (Å²) in [6, 6.07) is 11.7. The molecule has 4 aromatic rings. The number of aromatic amines is 1. The van der Waals surface area contributed by atoms with Crippen molar-refractivity contribution >= 4 is 5.65 Å². The van der Waals surface area contributed by atoms with E-state index in [1.54, 1.807) is 16.9 Å². The lowest BCUT2D eigenvalue weighted by atomic mass is 10.1. The molecule has 3 heterocycles. The van der Waals surface area contributed by atoms with Gasteiger partial charge in [0.2, 0.25) is 5.82 Å². The highest BCUT2D eigenvalue weighted by atomic mass is 15.5. The Hall–Kier alpha value is -3.09. The van der Waals surface area contributed by atoms with E-state index in [4.69, 9.17) is 0 Å². The van der Waals surface area contributed by atoms with Crippen LogP contribution in [-0.4, -0.2) is 35.2 Å². The summed E-state index contributed by atoms with van der Waals surface area (Å²) in [5, 5.41) is 18.3. The highest BCUT2D eigenvalue weighted by Gasteiger charge is 2.09. The first-order chi connectivity index (χ1) is 9.92. The zero-order chi connectivity index (χ0) is 13.4. The number of hydrogen-bond donors (Lipinski definition) is 1. The first-order valence-electron chi connectivity index (χ1n) is 6.05. The van der Waals surface area contributed by atoms with Gasteiger partial charge in [-0.3, -0.25) is 0 Å². The van der Waals surface area contributed by atoms with Crippen molar-refractivity contribution in [3.05, 3.63) is 48.8 Å². The molecule has 0 bridgehead atoms. The Balaban J connectivity index is 1.88. The first kappa shape index (κ1) is 10.8. The van der Waals surface area contributed by atoms with Gasteiger partial charge in [0.05, 0.1) is 11.9 Å². The Morgan fingerprint density at radius 3 is 2.90 bits per heavy atom. The lowest BCUT2D eigenvalue weighted by molar-refractivity contribution is 0.881. The van der Waals surface area contributed by atoms with E-state index < -0.39 is 0 Å². The van der Waals surface area contributed by atoms with Crippen molar-refractivity contribution in [3.8, 4) is 22.6 Å². The fourth-order valence-electron chi connectivity index (χ4n) is 2.13. The minimum Gasteiger partial charge on any atom is -0.235 e. The van der Waals surface area contributed by atoms with Crippen molar-refractivity contribution in [1.29, 1.82) is 0 Å². The molecule has 0 atom stereocenters. The summed E-state index contributed by atoms with van der Waals surface area (Å²) in [5.41, 5.74) is 3.62. The zero-order valence-electron chi connectivity index (χ0n) is 10.3. The van der Waals surface area contributed by atoms with Crippen LogP contribution in [0.1, 0.15) is 0 Å². The number of rotatable bonds is 2. The Bertz CT molecular complexity index is 863. The van der Waals surface area contributed by atoms with E-state index in [0.29, 0.717) is 5.82 Å². The molecule has 0 aliphatic heterocycles. The predicted octanol–water partition coefficient (Wildman–Crippen LogP) is 1.58. The second-order valence-corrected chi connectivity index (χ2v) is 4.25. The van der Waals surface area contributed by atoms with Crippen LogP contribution in [0.5, 0.6) is 0 Å². The van der Waals surface area contributed by atoms with Crippen molar-refractivity contribution in [3.63, 3.8) is 0 Å². The van der Waals surface area contributed by atoms with Gasteiger partial charge >= 0.3 is 0 Å². The lowest BCUT2D eigenvalue weighted by Gasteiger charge is -2.02. The molecule has 0 aliphatic carbocycles. The third-order valence-electron chi connectivity index (χ3n) is 3.04. The van der Waals surface area contributed by atoms with Crippen LogP contribution in [0, 0.1) is 0 Å². The van der Waals surface area contributed by atoms with Gasteiger partial charge in [0.1, 0.15) is 0 Å². The molecule has 4 rings (SSSR count). The number of imidazole rings is 1. The molecule has 0 fully saturated rings. The molecule has 0 saturated carbocycles. The Morgan fingerprint density at radius 2 is 2.00 bits per heavy atom. The van der Waals surface area contributed by atoms with Gasteiger partial charge in [-0.2, -0.15) is 10.3 Å². The molecule has 0 amide bonds. The average molecular weight is 263 g/mol. The van der Waals surface area contributed by atoms with E-state index in [1.165, 1.54) is 0 Å². The molecule has 0 saturated heterocycles. The summed E-state index contributed by atoms with van der Waals surface area (Å²) in [6.45, 7) is 0. The molecule has 1 aromatic carbocycles. The van der Waals surface area contributed by atoms with Crippen LogP contribution in [0.4, 0.5) is 0 Å². The topological polar surface area (TPSA) is 84.6 Å². The van der Waals surface area contributed by atoms with Gasteiger partial charge < -0.3 is 0 Å². The molecule has 7 nitrogen and oxygen atoms in total. The van der Waals surface area contributed by atoms with Crippen LogP contribution in [0.3, 0.4) is 0 Å². The largest absolute Gasteiger partial charge is 0.235 e. The van der Waals surface area contributed by atoms with Crippen LogP contribution < -0.4 is 0 Å². The van der Waals surface area contributed by atoms with Crippen molar-refractivity contribution in [2.24, 2.45) is 0 Å². The maximum absolute atomic E-state index is 4.34. The monoisotopic (exact) mass is 263 g/mol. The Kier molecular flexibility index (Phi) is 2.28. The van der Waals surface area contributed by atoms with Gasteiger partial charge in [0, 0.05) is 17.3 Å². The lowest BCUT2D eigenvalue weighted by Crippen LogP contribution is -1.92. The number of nitrogens with zero attached hydrogens (tertiary/aromatic N) is 6. The Labute approximate surface area is 113 Å². The standard InChI is InChI=1S/C13H9N7/c1-3-9(7-10(4-1)13-16-18-19-17-13)11-8-14-12-5-2-6-15-20(11)12/h1-8H,(H,16,17,18,19). The SMILES string of the molecule is c1cc(-c2nn[nH]n2)cc(-c2cnc3cccnn23)c1. The van der Waals surface area contributed by atoms with Gasteiger partial charge in [-0.1, -0.05) is 18.2 Å². The molecule has 7 heteroatoms. The first-order valence-corrected chi connectivity index (χ1v) is 6.05. The summed E-state index contributed by atoms with van der Waals surface area (Å²) >= 11 is 0. The van der Waals surface area contributed by atoms with Crippen molar-refractivity contribution in [1.82, 2.24) is 35.2 Å². The molecule has 3 aromatic heterocycles. The number of aromatic nitrogens is 7. The second kappa shape index (κ2) is 4.23. The average Bonchev–Trinajstić information content (AvgIpc) is 3.17. The number of fused-ring (bicyclic) bond motifs is 1. The zero-order valence-corrected chi connectivity index (χ0v) is 10.3. The molecule has 96 valence electrons. The number of hydrogen-bond acceptors (Lipinski definition) is 5. The van der Waals surface area contributed by atoms with Gasteiger partial charge in [-0.15, -0.1) is 10.2 Å². The molecule has 20 heavy (non-hydrogen) atoms. The normalized spacial score (nSPS) is 11.0. The minimum atomic E-state index is 0.564. The molecular weight excluding hydrogens is 254 g/mol. The quantitative estimate of drug-likeness (QED) is 0.593. The third-order valence-corrected chi connectivity index (χ3v) is 3.04. The number of nitrogens with one attached hydrogen (secondary N) is 1. The van der Waals surface area contributed by atoms with Gasteiger partial charge in [0.15, 0.2) is 5.65 Å². The van der Waals surface area contributed by atoms with E-state index in [-0.39, 0.29) is 0 Å². The smallest absolute Gasteiger partial charge is 0.204 e. The van der Waals surface area contributed by atoms with E-state index in [9.17, 15) is 0 Å². The maximum atomic E-state index is 4.34. The third kappa shape index (κ3) is 1.64. The minimum absolute atomic E-state index is 0.564. The second-order valence-electron chi connectivity index (χ2n) is 4.25. The maximum Gasteiger partial charge on any atom is 0.204 e. The van der Waals surface area contributed by atoms with E-state index >= 15 is 0 Å². The molecule has 0 radical (unpaired) electrons. The van der Waals surface area contributed by atoms with E-state index in [0.717, 1.165) is 22.5 Å². The molecule has 0 spiro atoms. The van der Waals surface area contributed by atoms with Crippen LogP contribution in [0.2, 0.25) is 0 Å². The van der Waals surface area contributed by atoms with Crippen LogP contribution in [0.15, 0.2) is 48.8 Å². The van der Waals surface area contributed by atoms with E-state index in [1.807, 2.05) is 36.4 Å². The molecule has 0 aliphatic rings. The summed E-state index contributed by atoms with van der Waals surface area (Å²) in [7, 11) is 0. The number of benzene rings is 1. The van der Waals surface area contributed by atoms with Crippen molar-refractivity contribution in [2.45, 2.75) is 0 Å². The summed E-state index contributed by atoms with van der Waals surface area (Å²) in [4.78, 5) is 4.34. The summed E-state index contributed by atoms with van der Waals surface area (Å²) in [6.07, 6.45) is 3.54. The van der Waals surface area contributed by atoms with Crippen molar-refractivity contribution in [2.75, 3.05) is 0 Å². The molecule has 1 N–H and O–H groups in total. The van der Waals surface area contributed by atoms with Crippen LogP contribution in [0.25, 0.3) is 28.3 Å². The van der Waals surface area contributed by atoms with Gasteiger partial charge in [-0.05, 0) is 23.4 Å². The highest BCUT2D eigenvalue weighted by molar-refractivity contribution is 5.69. The van der Waals surface area contributed by atoms with Crippen molar-refractivity contribution < 1.29 is 0 Å². The van der Waals surface area contributed by atoms with E-state index in [2.05, 4.69) is 30.7 Å². The fourth-order valence-corrected chi connectivity index (χ4v) is 2.13.